The van der Waals surface area contributed by atoms with Crippen molar-refractivity contribution in [3.63, 3.8) is 0 Å². The summed E-state index contributed by atoms with van der Waals surface area (Å²) in [7, 11) is 0. The van der Waals surface area contributed by atoms with Crippen molar-refractivity contribution in [3.8, 4) is 0 Å². The molecule has 0 unspecified atom stereocenters. The van der Waals surface area contributed by atoms with Gasteiger partial charge in [0.05, 0.1) is 6.54 Å². The van der Waals surface area contributed by atoms with Gasteiger partial charge in [0.25, 0.3) is 0 Å². The minimum absolute atomic E-state index is 0.207. The van der Waals surface area contributed by atoms with Crippen LogP contribution < -0.4 is 0 Å². The number of hydrogen-bond acceptors (Lipinski definition) is 2. The van der Waals surface area contributed by atoms with Crippen LogP contribution in [0, 0.1) is 6.92 Å². The Bertz CT molecular complexity index is 589. The quantitative estimate of drug-likeness (QED) is 0.604. The number of benzene rings is 1. The fraction of sp³-hybridized carbons (Fsp3) is 0.450. The average Bonchev–Trinajstić information content (AvgIpc) is 2.97. The van der Waals surface area contributed by atoms with Crippen molar-refractivity contribution in [1.29, 1.82) is 0 Å². The first kappa shape index (κ1) is 17.3. The summed E-state index contributed by atoms with van der Waals surface area (Å²) in [4.78, 5) is 14.5. The Kier molecular flexibility index (Phi) is 6.92. The molecule has 1 aromatic carbocycles. The summed E-state index contributed by atoms with van der Waals surface area (Å²) < 4.78 is 5.65. The molecule has 0 radical (unpaired) electrons. The second kappa shape index (κ2) is 9.19. The summed E-state index contributed by atoms with van der Waals surface area (Å²) in [5, 5.41) is 0. The molecule has 0 aliphatic heterocycles. The van der Waals surface area contributed by atoms with E-state index >= 15 is 0 Å². The van der Waals surface area contributed by atoms with Crippen molar-refractivity contribution in [2.24, 2.45) is 0 Å². The van der Waals surface area contributed by atoms with E-state index in [2.05, 4.69) is 19.1 Å². The van der Waals surface area contributed by atoms with Crippen LogP contribution in [0.4, 0.5) is 0 Å². The fourth-order valence-electron chi connectivity index (χ4n) is 2.66. The third-order valence-corrected chi connectivity index (χ3v) is 3.96. The number of furan rings is 1. The van der Waals surface area contributed by atoms with Gasteiger partial charge in [0.2, 0.25) is 5.91 Å². The first-order valence-electron chi connectivity index (χ1n) is 8.56. The lowest BCUT2D eigenvalue weighted by molar-refractivity contribution is -0.132. The van der Waals surface area contributed by atoms with Gasteiger partial charge in [0.15, 0.2) is 0 Å². The summed E-state index contributed by atoms with van der Waals surface area (Å²) in [5.74, 6) is 1.94. The maximum atomic E-state index is 12.6. The van der Waals surface area contributed by atoms with Gasteiger partial charge in [-0.2, -0.15) is 0 Å². The second-order valence-corrected chi connectivity index (χ2v) is 6.06. The lowest BCUT2D eigenvalue weighted by Gasteiger charge is -2.22. The van der Waals surface area contributed by atoms with Crippen molar-refractivity contribution < 1.29 is 9.21 Å². The number of aryl methyl sites for hydroxylation is 1. The Morgan fingerprint density at radius 1 is 1.00 bits per heavy atom. The molecule has 0 spiro atoms. The molecule has 1 heterocycles. The minimum Gasteiger partial charge on any atom is -0.464 e. The molecule has 0 bridgehead atoms. The SMILES string of the molecule is CCCCCCC(=O)N(Cc1ccccc1)Cc1ccc(C)o1. The zero-order chi connectivity index (χ0) is 16.5. The van der Waals surface area contributed by atoms with Crippen molar-refractivity contribution in [1.82, 2.24) is 4.90 Å². The molecule has 124 valence electrons. The number of hydrogen-bond donors (Lipinski definition) is 0. The largest absolute Gasteiger partial charge is 0.464 e. The lowest BCUT2D eigenvalue weighted by atomic mass is 10.1. The smallest absolute Gasteiger partial charge is 0.223 e. The lowest BCUT2D eigenvalue weighted by Crippen LogP contribution is -2.29. The van der Waals surface area contributed by atoms with Gasteiger partial charge in [-0.05, 0) is 31.0 Å². The maximum Gasteiger partial charge on any atom is 0.223 e. The molecule has 2 aromatic rings. The predicted molar refractivity (Wildman–Crippen MR) is 92.9 cm³/mol. The summed E-state index contributed by atoms with van der Waals surface area (Å²) in [5.41, 5.74) is 1.15. The molecule has 0 saturated heterocycles. The summed E-state index contributed by atoms with van der Waals surface area (Å²) >= 11 is 0. The van der Waals surface area contributed by atoms with E-state index in [1.807, 2.05) is 42.2 Å². The molecule has 23 heavy (non-hydrogen) atoms. The van der Waals surface area contributed by atoms with E-state index in [4.69, 9.17) is 4.42 Å². The van der Waals surface area contributed by atoms with Crippen LogP contribution in [0.3, 0.4) is 0 Å². The molecule has 0 atom stereocenters. The molecule has 0 saturated carbocycles. The van der Waals surface area contributed by atoms with Gasteiger partial charge in [0.1, 0.15) is 11.5 Å². The molecule has 2 rings (SSSR count). The Labute approximate surface area is 139 Å². The molecule has 3 heteroatoms. The van der Waals surface area contributed by atoms with Gasteiger partial charge in [-0.3, -0.25) is 4.79 Å². The fourth-order valence-corrected chi connectivity index (χ4v) is 2.66. The maximum absolute atomic E-state index is 12.6. The number of carbonyl (C=O) groups is 1. The van der Waals surface area contributed by atoms with Crippen LogP contribution in [0.25, 0.3) is 0 Å². The molecule has 0 N–H and O–H groups in total. The van der Waals surface area contributed by atoms with Gasteiger partial charge in [-0.15, -0.1) is 0 Å². The number of carbonyl (C=O) groups excluding carboxylic acids is 1. The second-order valence-electron chi connectivity index (χ2n) is 6.06. The van der Waals surface area contributed by atoms with Crippen molar-refractivity contribution in [2.75, 3.05) is 0 Å². The first-order valence-corrected chi connectivity index (χ1v) is 8.56. The third-order valence-electron chi connectivity index (χ3n) is 3.96. The topological polar surface area (TPSA) is 33.5 Å². The Morgan fingerprint density at radius 2 is 1.78 bits per heavy atom. The van der Waals surface area contributed by atoms with Crippen LogP contribution in [0.1, 0.15) is 56.1 Å². The van der Waals surface area contributed by atoms with Crippen LogP contribution in [-0.2, 0) is 17.9 Å². The summed E-state index contributed by atoms with van der Waals surface area (Å²) in [6.07, 6.45) is 5.10. The van der Waals surface area contributed by atoms with E-state index in [0.717, 1.165) is 29.9 Å². The Hall–Kier alpha value is -2.03. The zero-order valence-corrected chi connectivity index (χ0v) is 14.3. The first-order chi connectivity index (χ1) is 11.2. The van der Waals surface area contributed by atoms with E-state index in [1.54, 1.807) is 0 Å². The van der Waals surface area contributed by atoms with Gasteiger partial charge in [-0.25, -0.2) is 0 Å². The van der Waals surface area contributed by atoms with E-state index < -0.39 is 0 Å². The van der Waals surface area contributed by atoms with E-state index in [1.165, 1.54) is 12.8 Å². The van der Waals surface area contributed by atoms with Crippen LogP contribution >= 0.6 is 0 Å². The van der Waals surface area contributed by atoms with Crippen LogP contribution in [0.2, 0.25) is 0 Å². The highest BCUT2D eigenvalue weighted by atomic mass is 16.3. The standard InChI is InChI=1S/C20H27NO2/c1-3-4-5-9-12-20(22)21(15-18-10-7-6-8-11-18)16-19-14-13-17(2)23-19/h6-8,10-11,13-14H,3-5,9,12,15-16H2,1-2H3. The highest BCUT2D eigenvalue weighted by molar-refractivity contribution is 5.76. The number of rotatable bonds is 9. The number of amides is 1. The molecular weight excluding hydrogens is 286 g/mol. The molecule has 0 fully saturated rings. The highest BCUT2D eigenvalue weighted by Crippen LogP contribution is 2.15. The van der Waals surface area contributed by atoms with Gasteiger partial charge >= 0.3 is 0 Å². The van der Waals surface area contributed by atoms with Crippen LogP contribution in [-0.4, -0.2) is 10.8 Å². The van der Waals surface area contributed by atoms with Crippen molar-refractivity contribution in [3.05, 3.63) is 59.5 Å². The third kappa shape index (κ3) is 5.93. The zero-order valence-electron chi connectivity index (χ0n) is 14.3. The van der Waals surface area contributed by atoms with Crippen LogP contribution in [0.5, 0.6) is 0 Å². The van der Waals surface area contributed by atoms with Crippen molar-refractivity contribution >= 4 is 5.91 Å². The molecule has 3 nitrogen and oxygen atoms in total. The normalized spacial score (nSPS) is 10.7. The molecule has 1 aromatic heterocycles. The predicted octanol–water partition coefficient (Wildman–Crippen LogP) is 5.09. The van der Waals surface area contributed by atoms with E-state index in [-0.39, 0.29) is 5.91 Å². The van der Waals surface area contributed by atoms with Gasteiger partial charge in [-0.1, -0.05) is 56.5 Å². The summed E-state index contributed by atoms with van der Waals surface area (Å²) in [6, 6.07) is 14.0. The number of unbranched alkanes of at least 4 members (excludes halogenated alkanes) is 3. The monoisotopic (exact) mass is 313 g/mol. The van der Waals surface area contributed by atoms with Crippen molar-refractivity contribution in [2.45, 2.75) is 59.0 Å². The molecule has 0 aliphatic rings. The van der Waals surface area contributed by atoms with E-state index in [0.29, 0.717) is 19.5 Å². The Balaban J connectivity index is 1.99. The summed E-state index contributed by atoms with van der Waals surface area (Å²) in [6.45, 7) is 5.28. The van der Waals surface area contributed by atoms with Gasteiger partial charge < -0.3 is 9.32 Å². The molecular formula is C20H27NO2. The Morgan fingerprint density at radius 3 is 2.43 bits per heavy atom. The molecule has 1 amide bonds. The van der Waals surface area contributed by atoms with Crippen LogP contribution in [0.15, 0.2) is 46.9 Å². The molecule has 0 aliphatic carbocycles. The van der Waals surface area contributed by atoms with E-state index in [9.17, 15) is 4.79 Å². The minimum atomic E-state index is 0.207. The average molecular weight is 313 g/mol. The number of nitrogens with zero attached hydrogens (tertiary/aromatic N) is 1. The highest BCUT2D eigenvalue weighted by Gasteiger charge is 2.16. The van der Waals surface area contributed by atoms with Gasteiger partial charge in [0, 0.05) is 13.0 Å².